The van der Waals surface area contributed by atoms with Crippen molar-refractivity contribution >= 4 is 30.1 Å². The number of hydrogen-bond donors (Lipinski definition) is 1. The Balaban J connectivity index is 0.00000192. The van der Waals surface area contributed by atoms with Crippen LogP contribution in [0.4, 0.5) is 0 Å². The molecule has 0 atom stereocenters. The van der Waals surface area contributed by atoms with Gasteiger partial charge in [-0.05, 0) is 43.7 Å². The summed E-state index contributed by atoms with van der Waals surface area (Å²) >= 11 is 1.73. The Morgan fingerprint density at radius 3 is 2.52 bits per heavy atom. The van der Waals surface area contributed by atoms with Gasteiger partial charge in [-0.3, -0.25) is 4.79 Å². The summed E-state index contributed by atoms with van der Waals surface area (Å²) in [6.07, 6.45) is 3.64. The largest absolute Gasteiger partial charge is 0.342 e. The molecule has 0 saturated carbocycles. The van der Waals surface area contributed by atoms with Crippen molar-refractivity contribution in [3.63, 3.8) is 0 Å². The highest BCUT2D eigenvalue weighted by Gasteiger charge is 2.37. The maximum atomic E-state index is 12.3. The normalized spacial score (nSPS) is 19.6. The van der Waals surface area contributed by atoms with Crippen LogP contribution in [0.1, 0.15) is 30.4 Å². The molecule has 23 heavy (non-hydrogen) atoms. The van der Waals surface area contributed by atoms with E-state index in [2.05, 4.69) is 41.4 Å². The van der Waals surface area contributed by atoms with Crippen LogP contribution in [-0.2, 0) is 10.5 Å². The first-order valence-electron chi connectivity index (χ1n) is 8.29. The molecule has 2 heterocycles. The predicted octanol–water partition coefficient (Wildman–Crippen LogP) is 3.25. The SMILES string of the molecule is Cc1ccc(CSCC(=O)N2CCC3(CCNC3)CC2)cc1.Cl. The Morgan fingerprint density at radius 1 is 1.22 bits per heavy atom. The monoisotopic (exact) mass is 354 g/mol. The van der Waals surface area contributed by atoms with Crippen molar-refractivity contribution in [3.8, 4) is 0 Å². The Kier molecular flexibility index (Phi) is 6.81. The molecular formula is C18H27ClN2OS. The summed E-state index contributed by atoms with van der Waals surface area (Å²) in [5, 5.41) is 3.48. The fourth-order valence-corrected chi connectivity index (χ4v) is 4.37. The third-order valence-corrected chi connectivity index (χ3v) is 6.11. The molecule has 2 saturated heterocycles. The summed E-state index contributed by atoms with van der Waals surface area (Å²) in [6.45, 7) is 6.30. The smallest absolute Gasteiger partial charge is 0.232 e. The van der Waals surface area contributed by atoms with E-state index in [1.54, 1.807) is 11.8 Å². The molecule has 2 fully saturated rings. The van der Waals surface area contributed by atoms with E-state index in [9.17, 15) is 4.79 Å². The van der Waals surface area contributed by atoms with Gasteiger partial charge in [-0.1, -0.05) is 29.8 Å². The van der Waals surface area contributed by atoms with Crippen molar-refractivity contribution in [2.24, 2.45) is 5.41 Å². The van der Waals surface area contributed by atoms with E-state index in [0.29, 0.717) is 17.1 Å². The number of rotatable bonds is 4. The minimum absolute atomic E-state index is 0. The summed E-state index contributed by atoms with van der Waals surface area (Å²) in [5.41, 5.74) is 3.08. The lowest BCUT2D eigenvalue weighted by atomic mass is 9.78. The van der Waals surface area contributed by atoms with Gasteiger partial charge in [0.15, 0.2) is 0 Å². The Bertz CT molecular complexity index is 504. The number of piperidine rings is 1. The van der Waals surface area contributed by atoms with Gasteiger partial charge in [-0.15, -0.1) is 24.2 Å². The first kappa shape index (κ1) is 18.6. The summed E-state index contributed by atoms with van der Waals surface area (Å²) in [4.78, 5) is 14.4. The molecule has 0 radical (unpaired) electrons. The fourth-order valence-electron chi connectivity index (χ4n) is 3.48. The van der Waals surface area contributed by atoms with E-state index in [-0.39, 0.29) is 12.4 Å². The number of nitrogens with one attached hydrogen (secondary N) is 1. The highest BCUT2D eigenvalue weighted by atomic mass is 35.5. The average molecular weight is 355 g/mol. The maximum Gasteiger partial charge on any atom is 0.232 e. The van der Waals surface area contributed by atoms with Crippen molar-refractivity contribution in [2.75, 3.05) is 31.9 Å². The average Bonchev–Trinajstić information content (AvgIpc) is 2.98. The third-order valence-electron chi connectivity index (χ3n) is 5.12. The van der Waals surface area contributed by atoms with Gasteiger partial charge in [0, 0.05) is 25.4 Å². The third kappa shape index (κ3) is 4.88. The molecule has 1 aromatic rings. The maximum absolute atomic E-state index is 12.3. The number of benzene rings is 1. The molecule has 2 aliphatic rings. The van der Waals surface area contributed by atoms with Crippen LogP contribution in [0.25, 0.3) is 0 Å². The lowest BCUT2D eigenvalue weighted by Crippen LogP contribution is -2.44. The van der Waals surface area contributed by atoms with E-state index in [4.69, 9.17) is 0 Å². The number of likely N-dealkylation sites (tertiary alicyclic amines) is 1. The lowest BCUT2D eigenvalue weighted by molar-refractivity contribution is -0.130. The molecular weight excluding hydrogens is 328 g/mol. The molecule has 128 valence electrons. The highest BCUT2D eigenvalue weighted by Crippen LogP contribution is 2.37. The molecule has 1 amide bonds. The predicted molar refractivity (Wildman–Crippen MR) is 100 cm³/mol. The van der Waals surface area contributed by atoms with E-state index in [1.165, 1.54) is 30.4 Å². The van der Waals surface area contributed by atoms with Crippen LogP contribution >= 0.6 is 24.2 Å². The zero-order chi connectivity index (χ0) is 15.4. The first-order chi connectivity index (χ1) is 10.7. The number of halogens is 1. The number of carbonyl (C=O) groups is 1. The molecule has 3 nitrogen and oxygen atoms in total. The fraction of sp³-hybridized carbons (Fsp3) is 0.611. The Labute approximate surface area is 150 Å². The van der Waals surface area contributed by atoms with Crippen LogP contribution in [0.3, 0.4) is 0 Å². The minimum atomic E-state index is 0. The molecule has 0 aromatic heterocycles. The number of amides is 1. The van der Waals surface area contributed by atoms with Crippen molar-refractivity contribution in [1.29, 1.82) is 0 Å². The van der Waals surface area contributed by atoms with Crippen molar-refractivity contribution in [3.05, 3.63) is 35.4 Å². The van der Waals surface area contributed by atoms with Crippen LogP contribution in [0.15, 0.2) is 24.3 Å². The highest BCUT2D eigenvalue weighted by molar-refractivity contribution is 7.99. The van der Waals surface area contributed by atoms with Gasteiger partial charge in [0.25, 0.3) is 0 Å². The zero-order valence-corrected chi connectivity index (χ0v) is 15.5. The molecule has 3 rings (SSSR count). The second kappa shape index (κ2) is 8.41. The molecule has 1 spiro atoms. The van der Waals surface area contributed by atoms with Crippen LogP contribution in [-0.4, -0.2) is 42.7 Å². The quantitative estimate of drug-likeness (QED) is 0.900. The standard InChI is InChI=1S/C18H26N2OS.ClH/c1-15-2-4-16(5-3-15)12-22-13-17(21)20-10-7-18(8-11-20)6-9-19-14-18;/h2-5,19H,6-14H2,1H3;1H. The van der Waals surface area contributed by atoms with Gasteiger partial charge in [-0.25, -0.2) is 0 Å². The van der Waals surface area contributed by atoms with Crippen molar-refractivity contribution in [2.45, 2.75) is 31.9 Å². The first-order valence-corrected chi connectivity index (χ1v) is 9.44. The Morgan fingerprint density at radius 2 is 1.91 bits per heavy atom. The second-order valence-electron chi connectivity index (χ2n) is 6.79. The van der Waals surface area contributed by atoms with Gasteiger partial charge in [0.05, 0.1) is 5.75 Å². The topological polar surface area (TPSA) is 32.3 Å². The van der Waals surface area contributed by atoms with Gasteiger partial charge in [0.1, 0.15) is 0 Å². The van der Waals surface area contributed by atoms with E-state index in [1.807, 2.05) is 0 Å². The molecule has 1 aromatic carbocycles. The Hall–Kier alpha value is -0.710. The summed E-state index contributed by atoms with van der Waals surface area (Å²) < 4.78 is 0. The van der Waals surface area contributed by atoms with Crippen molar-refractivity contribution in [1.82, 2.24) is 10.2 Å². The van der Waals surface area contributed by atoms with E-state index >= 15 is 0 Å². The van der Waals surface area contributed by atoms with Gasteiger partial charge >= 0.3 is 0 Å². The molecule has 2 aliphatic heterocycles. The van der Waals surface area contributed by atoms with Crippen LogP contribution < -0.4 is 5.32 Å². The summed E-state index contributed by atoms with van der Waals surface area (Å²) in [6, 6.07) is 8.59. The molecule has 0 unspecified atom stereocenters. The van der Waals surface area contributed by atoms with Gasteiger partial charge in [-0.2, -0.15) is 0 Å². The summed E-state index contributed by atoms with van der Waals surface area (Å²) in [5.74, 6) is 1.85. The number of carbonyl (C=O) groups excluding carboxylic acids is 1. The number of thioether (sulfide) groups is 1. The second-order valence-corrected chi connectivity index (χ2v) is 7.77. The van der Waals surface area contributed by atoms with Crippen LogP contribution in [0, 0.1) is 12.3 Å². The minimum Gasteiger partial charge on any atom is -0.342 e. The number of aryl methyl sites for hydroxylation is 1. The molecule has 1 N–H and O–H groups in total. The van der Waals surface area contributed by atoms with E-state index in [0.717, 1.165) is 31.9 Å². The van der Waals surface area contributed by atoms with Crippen LogP contribution in [0.5, 0.6) is 0 Å². The summed E-state index contributed by atoms with van der Waals surface area (Å²) in [7, 11) is 0. The lowest BCUT2D eigenvalue weighted by Gasteiger charge is -2.38. The van der Waals surface area contributed by atoms with Crippen LogP contribution in [0.2, 0.25) is 0 Å². The molecule has 0 aliphatic carbocycles. The van der Waals surface area contributed by atoms with E-state index < -0.39 is 0 Å². The van der Waals surface area contributed by atoms with Gasteiger partial charge in [0.2, 0.25) is 5.91 Å². The zero-order valence-electron chi connectivity index (χ0n) is 13.8. The molecule has 0 bridgehead atoms. The number of hydrogen-bond acceptors (Lipinski definition) is 3. The van der Waals surface area contributed by atoms with Gasteiger partial charge < -0.3 is 10.2 Å². The molecule has 5 heteroatoms. The van der Waals surface area contributed by atoms with Crippen molar-refractivity contribution < 1.29 is 4.79 Å². The number of nitrogens with zero attached hydrogens (tertiary/aromatic N) is 1.